The van der Waals surface area contributed by atoms with Crippen molar-refractivity contribution in [3.05, 3.63) is 59.6 Å². The maximum absolute atomic E-state index is 11.8. The van der Waals surface area contributed by atoms with Gasteiger partial charge in [-0.1, -0.05) is 17.7 Å². The molecule has 0 saturated heterocycles. The summed E-state index contributed by atoms with van der Waals surface area (Å²) in [5.74, 6) is 1.51. The summed E-state index contributed by atoms with van der Waals surface area (Å²) in [6.07, 6.45) is 6.58. The van der Waals surface area contributed by atoms with Crippen LogP contribution in [0.15, 0.2) is 49.1 Å². The van der Waals surface area contributed by atoms with Crippen molar-refractivity contribution in [2.24, 2.45) is 7.05 Å². The highest BCUT2D eigenvalue weighted by Crippen LogP contribution is 2.25. The van der Waals surface area contributed by atoms with Gasteiger partial charge < -0.3 is 15.2 Å². The largest absolute Gasteiger partial charge is 0.364 e. The van der Waals surface area contributed by atoms with E-state index in [9.17, 15) is 4.21 Å². The zero-order chi connectivity index (χ0) is 22.0. The number of hydrogen-bond donors (Lipinski definition) is 2. The first-order chi connectivity index (χ1) is 14.9. The summed E-state index contributed by atoms with van der Waals surface area (Å²) in [5, 5.41) is 6.80. The lowest BCUT2D eigenvalue weighted by Crippen LogP contribution is -2.22. The number of pyridine rings is 1. The summed E-state index contributed by atoms with van der Waals surface area (Å²) in [4.78, 5) is 17.5. The standard InChI is InChI=1S/C20H21ClN8OS/c1-28-12-25-16-9-14(6-7-17(16)28)26-20-24-11-15(21)18(27-20)23-10-13-5-4-8-22-19(13)29(2)31(3)30/h4-9,11-12H,10H2,1-3H3,(H2,23,24,26,27). The van der Waals surface area contributed by atoms with Crippen molar-refractivity contribution >= 4 is 56.9 Å². The Morgan fingerprint density at radius 1 is 1.23 bits per heavy atom. The van der Waals surface area contributed by atoms with Crippen molar-refractivity contribution in [2.45, 2.75) is 6.54 Å². The predicted octanol–water partition coefficient (Wildman–Crippen LogP) is 3.50. The van der Waals surface area contributed by atoms with Gasteiger partial charge in [-0.25, -0.2) is 19.2 Å². The number of hydrogen-bond acceptors (Lipinski definition) is 7. The van der Waals surface area contributed by atoms with Gasteiger partial charge in [0.05, 0.1) is 23.6 Å². The second-order valence-corrected chi connectivity index (χ2v) is 8.64. The number of aryl methyl sites for hydroxylation is 1. The van der Waals surface area contributed by atoms with E-state index in [0.29, 0.717) is 29.2 Å². The molecular weight excluding hydrogens is 436 g/mol. The number of benzene rings is 1. The molecule has 11 heteroatoms. The number of aromatic nitrogens is 5. The average Bonchev–Trinajstić information content (AvgIpc) is 3.13. The number of anilines is 4. The Morgan fingerprint density at radius 2 is 2.06 bits per heavy atom. The molecule has 2 N–H and O–H groups in total. The summed E-state index contributed by atoms with van der Waals surface area (Å²) < 4.78 is 15.4. The van der Waals surface area contributed by atoms with Gasteiger partial charge in [-0.05, 0) is 24.3 Å². The molecule has 4 aromatic rings. The number of halogens is 1. The highest BCUT2D eigenvalue weighted by Gasteiger charge is 2.13. The Balaban J connectivity index is 1.52. The Labute approximate surface area is 187 Å². The summed E-state index contributed by atoms with van der Waals surface area (Å²) >= 11 is 6.30. The van der Waals surface area contributed by atoms with Crippen LogP contribution in [0.25, 0.3) is 11.0 Å². The molecule has 0 bridgehead atoms. The van der Waals surface area contributed by atoms with Crippen LogP contribution in [-0.2, 0) is 24.6 Å². The van der Waals surface area contributed by atoms with Crippen molar-refractivity contribution in [1.29, 1.82) is 0 Å². The molecule has 0 spiro atoms. The van der Waals surface area contributed by atoms with Crippen LogP contribution in [0.1, 0.15) is 5.56 Å². The normalized spacial score (nSPS) is 12.0. The summed E-state index contributed by atoms with van der Waals surface area (Å²) in [6.45, 7) is 0.404. The van der Waals surface area contributed by atoms with E-state index in [4.69, 9.17) is 11.6 Å². The van der Waals surface area contributed by atoms with Crippen LogP contribution >= 0.6 is 11.6 Å². The lowest BCUT2D eigenvalue weighted by atomic mass is 10.2. The van der Waals surface area contributed by atoms with E-state index < -0.39 is 11.0 Å². The first-order valence-corrected chi connectivity index (χ1v) is 11.3. The zero-order valence-electron chi connectivity index (χ0n) is 17.2. The molecule has 0 fully saturated rings. The Bertz CT molecular complexity index is 1260. The van der Waals surface area contributed by atoms with Gasteiger partial charge in [-0.3, -0.25) is 4.31 Å². The van der Waals surface area contributed by atoms with E-state index in [1.165, 1.54) is 6.20 Å². The fraction of sp³-hybridized carbons (Fsp3) is 0.200. The molecule has 9 nitrogen and oxygen atoms in total. The molecule has 3 aromatic heterocycles. The minimum Gasteiger partial charge on any atom is -0.364 e. The first-order valence-electron chi connectivity index (χ1n) is 9.38. The smallest absolute Gasteiger partial charge is 0.229 e. The van der Waals surface area contributed by atoms with E-state index >= 15 is 0 Å². The molecule has 160 valence electrons. The monoisotopic (exact) mass is 456 g/mol. The van der Waals surface area contributed by atoms with Gasteiger partial charge in [0.1, 0.15) is 21.8 Å². The molecule has 0 saturated carbocycles. The molecule has 1 unspecified atom stereocenters. The molecule has 0 radical (unpaired) electrons. The van der Waals surface area contributed by atoms with Crippen molar-refractivity contribution in [3.63, 3.8) is 0 Å². The predicted molar refractivity (Wildman–Crippen MR) is 125 cm³/mol. The quantitative estimate of drug-likeness (QED) is 0.439. The molecular formula is C20H21ClN8OS. The maximum atomic E-state index is 11.8. The van der Waals surface area contributed by atoms with E-state index in [1.807, 2.05) is 41.9 Å². The minimum absolute atomic E-state index is 0.392. The van der Waals surface area contributed by atoms with Crippen LogP contribution in [0.3, 0.4) is 0 Å². The number of nitrogens with one attached hydrogen (secondary N) is 2. The summed E-state index contributed by atoms with van der Waals surface area (Å²) in [5.41, 5.74) is 3.60. The molecule has 3 heterocycles. The lowest BCUT2D eigenvalue weighted by molar-refractivity contribution is 0.685. The third kappa shape index (κ3) is 4.59. The minimum atomic E-state index is -1.18. The van der Waals surface area contributed by atoms with Crippen molar-refractivity contribution in [1.82, 2.24) is 24.5 Å². The van der Waals surface area contributed by atoms with E-state index in [-0.39, 0.29) is 0 Å². The van der Waals surface area contributed by atoms with Crippen molar-refractivity contribution in [3.8, 4) is 0 Å². The maximum Gasteiger partial charge on any atom is 0.229 e. The van der Waals surface area contributed by atoms with Crippen LogP contribution in [0.5, 0.6) is 0 Å². The van der Waals surface area contributed by atoms with E-state index in [0.717, 1.165) is 22.3 Å². The van der Waals surface area contributed by atoms with Gasteiger partial charge in [-0.2, -0.15) is 4.98 Å². The van der Waals surface area contributed by atoms with Crippen LogP contribution in [0.4, 0.5) is 23.3 Å². The van der Waals surface area contributed by atoms with Crippen molar-refractivity contribution in [2.75, 3.05) is 28.2 Å². The van der Waals surface area contributed by atoms with Gasteiger partial charge in [0.15, 0.2) is 5.82 Å². The molecule has 1 aromatic carbocycles. The summed E-state index contributed by atoms with van der Waals surface area (Å²) in [6, 6.07) is 9.60. The van der Waals surface area contributed by atoms with Gasteiger partial charge in [-0.15, -0.1) is 0 Å². The van der Waals surface area contributed by atoms with Gasteiger partial charge in [0, 0.05) is 44.3 Å². The van der Waals surface area contributed by atoms with Crippen LogP contribution in [0.2, 0.25) is 5.02 Å². The molecule has 1 atom stereocenters. The molecule has 0 aliphatic carbocycles. The third-order valence-corrected chi connectivity index (χ3v) is 5.94. The number of rotatable bonds is 7. The summed E-state index contributed by atoms with van der Waals surface area (Å²) in [7, 11) is 2.50. The highest BCUT2D eigenvalue weighted by molar-refractivity contribution is 7.85. The molecule has 31 heavy (non-hydrogen) atoms. The van der Waals surface area contributed by atoms with E-state index in [2.05, 4.69) is 30.6 Å². The Kier molecular flexibility index (Phi) is 6.01. The van der Waals surface area contributed by atoms with Crippen LogP contribution < -0.4 is 14.9 Å². The lowest BCUT2D eigenvalue weighted by Gasteiger charge is -2.18. The topological polar surface area (TPSA) is 101 Å². The first kappa shape index (κ1) is 21.0. The Hall–Kier alpha value is -3.24. The fourth-order valence-electron chi connectivity index (χ4n) is 3.05. The zero-order valence-corrected chi connectivity index (χ0v) is 18.8. The number of fused-ring (bicyclic) bond motifs is 1. The Morgan fingerprint density at radius 3 is 2.87 bits per heavy atom. The SMILES string of the molecule is CN(c1ncccc1CNc1nc(Nc2ccc3c(c2)ncn3C)ncc1Cl)S(C)=O. The van der Waals surface area contributed by atoms with E-state index in [1.54, 1.807) is 30.1 Å². The van der Waals surface area contributed by atoms with Gasteiger partial charge in [0.25, 0.3) is 0 Å². The van der Waals surface area contributed by atoms with Crippen LogP contribution in [-0.4, -0.2) is 42.0 Å². The number of nitrogens with zero attached hydrogens (tertiary/aromatic N) is 6. The van der Waals surface area contributed by atoms with Crippen molar-refractivity contribution < 1.29 is 4.21 Å². The highest BCUT2D eigenvalue weighted by atomic mass is 35.5. The fourth-order valence-corrected chi connectivity index (χ4v) is 3.61. The van der Waals surface area contributed by atoms with Gasteiger partial charge in [0.2, 0.25) is 5.95 Å². The second kappa shape index (κ2) is 8.86. The molecule has 0 amide bonds. The second-order valence-electron chi connectivity index (χ2n) is 6.84. The van der Waals surface area contributed by atoms with Crippen LogP contribution in [0, 0.1) is 0 Å². The third-order valence-electron chi connectivity index (χ3n) is 4.72. The number of imidazole rings is 1. The molecule has 0 aliphatic rings. The molecule has 0 aliphatic heterocycles. The van der Waals surface area contributed by atoms with Gasteiger partial charge >= 0.3 is 0 Å². The molecule has 4 rings (SSSR count). The average molecular weight is 457 g/mol.